The molecule has 0 radical (unpaired) electrons. The van der Waals surface area contributed by atoms with E-state index in [1.165, 1.54) is 12.1 Å². The molecule has 4 nitrogen and oxygen atoms in total. The van der Waals surface area contributed by atoms with Gasteiger partial charge in [-0.3, -0.25) is 4.79 Å². The summed E-state index contributed by atoms with van der Waals surface area (Å²) in [5, 5.41) is 2.88. The SMILES string of the molecule is CC(C)CO[C@@H](C)C(=O)NC[C@@H](c1cccc(F)c1)N(C)C. The molecule has 1 rings (SSSR count). The summed E-state index contributed by atoms with van der Waals surface area (Å²) in [6, 6.07) is 6.36. The lowest BCUT2D eigenvalue weighted by molar-refractivity contribution is -0.132. The maximum atomic E-state index is 13.4. The highest BCUT2D eigenvalue weighted by Crippen LogP contribution is 2.18. The van der Waals surface area contributed by atoms with Gasteiger partial charge in [0.25, 0.3) is 0 Å². The van der Waals surface area contributed by atoms with Crippen molar-refractivity contribution < 1.29 is 13.9 Å². The Balaban J connectivity index is 2.60. The first-order valence-electron chi connectivity index (χ1n) is 7.62. The Morgan fingerprint density at radius 1 is 1.32 bits per heavy atom. The van der Waals surface area contributed by atoms with Gasteiger partial charge in [-0.1, -0.05) is 26.0 Å². The zero-order chi connectivity index (χ0) is 16.7. The molecule has 1 N–H and O–H groups in total. The van der Waals surface area contributed by atoms with Crippen LogP contribution in [0, 0.1) is 11.7 Å². The maximum Gasteiger partial charge on any atom is 0.248 e. The molecule has 0 saturated carbocycles. The Labute approximate surface area is 132 Å². The summed E-state index contributed by atoms with van der Waals surface area (Å²) in [7, 11) is 3.81. The summed E-state index contributed by atoms with van der Waals surface area (Å²) < 4.78 is 18.9. The molecule has 1 aromatic carbocycles. The van der Waals surface area contributed by atoms with E-state index in [4.69, 9.17) is 4.74 Å². The van der Waals surface area contributed by atoms with Gasteiger partial charge in [0.2, 0.25) is 5.91 Å². The number of hydrogen-bond acceptors (Lipinski definition) is 3. The Morgan fingerprint density at radius 2 is 2.00 bits per heavy atom. The van der Waals surface area contributed by atoms with Crippen LogP contribution in [0.15, 0.2) is 24.3 Å². The van der Waals surface area contributed by atoms with Gasteiger partial charge >= 0.3 is 0 Å². The fraction of sp³-hybridized carbons (Fsp3) is 0.588. The van der Waals surface area contributed by atoms with Crippen molar-refractivity contribution in [3.05, 3.63) is 35.6 Å². The molecule has 1 amide bonds. The van der Waals surface area contributed by atoms with E-state index in [9.17, 15) is 9.18 Å². The zero-order valence-electron chi connectivity index (χ0n) is 14.1. The smallest absolute Gasteiger partial charge is 0.248 e. The zero-order valence-corrected chi connectivity index (χ0v) is 14.1. The third-order valence-corrected chi connectivity index (χ3v) is 3.38. The highest BCUT2D eigenvalue weighted by Gasteiger charge is 2.19. The van der Waals surface area contributed by atoms with Gasteiger partial charge in [0, 0.05) is 13.2 Å². The minimum absolute atomic E-state index is 0.0862. The number of benzene rings is 1. The van der Waals surface area contributed by atoms with Gasteiger partial charge in [0.15, 0.2) is 0 Å². The molecule has 124 valence electrons. The lowest BCUT2D eigenvalue weighted by Gasteiger charge is -2.26. The fourth-order valence-corrected chi connectivity index (χ4v) is 2.07. The van der Waals surface area contributed by atoms with Crippen LogP contribution in [-0.2, 0) is 9.53 Å². The molecule has 0 unspecified atom stereocenters. The number of nitrogens with zero attached hydrogens (tertiary/aromatic N) is 1. The van der Waals surface area contributed by atoms with Crippen LogP contribution in [0.2, 0.25) is 0 Å². The number of ether oxygens (including phenoxy) is 1. The molecule has 0 heterocycles. The van der Waals surface area contributed by atoms with E-state index in [1.807, 2.05) is 38.9 Å². The first-order chi connectivity index (χ1) is 10.3. The van der Waals surface area contributed by atoms with Gasteiger partial charge in [0.05, 0.1) is 6.04 Å². The Bertz CT molecular complexity index is 477. The number of rotatable bonds is 8. The molecule has 22 heavy (non-hydrogen) atoms. The minimum Gasteiger partial charge on any atom is -0.368 e. The Hall–Kier alpha value is -1.46. The number of hydrogen-bond donors (Lipinski definition) is 1. The number of likely N-dealkylation sites (N-methyl/N-ethyl adjacent to an activating group) is 1. The normalized spacial score (nSPS) is 14.2. The fourth-order valence-electron chi connectivity index (χ4n) is 2.07. The van der Waals surface area contributed by atoms with Gasteiger partial charge in [-0.2, -0.15) is 0 Å². The van der Waals surface area contributed by atoms with E-state index in [-0.39, 0.29) is 17.8 Å². The molecule has 0 saturated heterocycles. The van der Waals surface area contributed by atoms with E-state index < -0.39 is 6.10 Å². The predicted octanol–water partition coefficient (Wildman–Crippen LogP) is 2.61. The molecule has 2 atom stereocenters. The molecule has 0 aliphatic heterocycles. The van der Waals surface area contributed by atoms with Crippen LogP contribution in [0.25, 0.3) is 0 Å². The molecule has 5 heteroatoms. The largest absolute Gasteiger partial charge is 0.368 e. The molecule has 1 aromatic rings. The second-order valence-electron chi connectivity index (χ2n) is 6.15. The second-order valence-corrected chi connectivity index (χ2v) is 6.15. The van der Waals surface area contributed by atoms with Crippen LogP contribution in [0.4, 0.5) is 4.39 Å². The average Bonchev–Trinajstić information content (AvgIpc) is 2.44. The molecule has 0 aromatic heterocycles. The Kier molecular flexibility index (Phi) is 7.48. The number of carbonyl (C=O) groups excluding carboxylic acids is 1. The molecular formula is C17H27FN2O2. The van der Waals surface area contributed by atoms with E-state index in [0.717, 1.165) is 5.56 Å². The van der Waals surface area contributed by atoms with E-state index in [1.54, 1.807) is 13.0 Å². The summed E-state index contributed by atoms with van der Waals surface area (Å²) in [5.74, 6) is -0.0368. The molecule has 0 aliphatic rings. The van der Waals surface area contributed by atoms with Crippen LogP contribution >= 0.6 is 0 Å². The highest BCUT2D eigenvalue weighted by molar-refractivity contribution is 5.80. The van der Waals surface area contributed by atoms with Gasteiger partial charge in [-0.25, -0.2) is 4.39 Å². The highest BCUT2D eigenvalue weighted by atomic mass is 19.1. The summed E-state index contributed by atoms with van der Waals surface area (Å²) in [6.45, 7) is 6.78. The standard InChI is InChI=1S/C17H27FN2O2/c1-12(2)11-22-13(3)17(21)19-10-16(20(4)5)14-7-6-8-15(18)9-14/h6-9,12-13,16H,10-11H2,1-5H3,(H,19,21)/t13-,16-/m0/s1. The first kappa shape index (κ1) is 18.6. The number of nitrogens with one attached hydrogen (secondary N) is 1. The minimum atomic E-state index is -0.488. The topological polar surface area (TPSA) is 41.6 Å². The van der Waals surface area contributed by atoms with Crippen molar-refractivity contribution in [1.82, 2.24) is 10.2 Å². The first-order valence-corrected chi connectivity index (χ1v) is 7.62. The van der Waals surface area contributed by atoms with Crippen LogP contribution < -0.4 is 5.32 Å². The van der Waals surface area contributed by atoms with Gasteiger partial charge in [0.1, 0.15) is 11.9 Å². The van der Waals surface area contributed by atoms with Gasteiger partial charge < -0.3 is 15.0 Å². The lowest BCUT2D eigenvalue weighted by atomic mass is 10.1. The van der Waals surface area contributed by atoms with Crippen molar-refractivity contribution in [3.8, 4) is 0 Å². The summed E-state index contributed by atoms with van der Waals surface area (Å²) >= 11 is 0. The Morgan fingerprint density at radius 3 is 2.55 bits per heavy atom. The number of amides is 1. The molecule has 0 bridgehead atoms. The van der Waals surface area contributed by atoms with E-state index >= 15 is 0 Å². The molecular weight excluding hydrogens is 283 g/mol. The quantitative estimate of drug-likeness (QED) is 0.802. The average molecular weight is 310 g/mol. The van der Waals surface area contributed by atoms with Crippen molar-refractivity contribution in [2.24, 2.45) is 5.92 Å². The molecule has 0 spiro atoms. The lowest BCUT2D eigenvalue weighted by Crippen LogP contribution is -2.40. The van der Waals surface area contributed by atoms with Gasteiger partial charge in [-0.05, 0) is 44.6 Å². The predicted molar refractivity (Wildman–Crippen MR) is 86.1 cm³/mol. The van der Waals surface area contributed by atoms with Crippen molar-refractivity contribution in [1.29, 1.82) is 0 Å². The van der Waals surface area contributed by atoms with E-state index in [2.05, 4.69) is 5.32 Å². The van der Waals surface area contributed by atoms with Crippen molar-refractivity contribution >= 4 is 5.91 Å². The third-order valence-electron chi connectivity index (χ3n) is 3.38. The number of halogens is 1. The third kappa shape index (κ3) is 6.12. The van der Waals surface area contributed by atoms with Crippen LogP contribution in [0.5, 0.6) is 0 Å². The summed E-state index contributed by atoms with van der Waals surface area (Å²) in [5.41, 5.74) is 0.834. The van der Waals surface area contributed by atoms with Crippen molar-refractivity contribution in [2.75, 3.05) is 27.2 Å². The van der Waals surface area contributed by atoms with Crippen LogP contribution in [0.3, 0.4) is 0 Å². The van der Waals surface area contributed by atoms with Gasteiger partial charge in [-0.15, -0.1) is 0 Å². The van der Waals surface area contributed by atoms with Crippen molar-refractivity contribution in [3.63, 3.8) is 0 Å². The van der Waals surface area contributed by atoms with Crippen molar-refractivity contribution in [2.45, 2.75) is 32.9 Å². The van der Waals surface area contributed by atoms with Crippen LogP contribution in [-0.4, -0.2) is 44.2 Å². The molecule has 0 aliphatic carbocycles. The monoisotopic (exact) mass is 310 g/mol. The summed E-state index contributed by atoms with van der Waals surface area (Å²) in [4.78, 5) is 14.0. The van der Waals surface area contributed by atoms with E-state index in [0.29, 0.717) is 19.1 Å². The molecule has 0 fully saturated rings. The van der Waals surface area contributed by atoms with Crippen LogP contribution in [0.1, 0.15) is 32.4 Å². The number of carbonyl (C=O) groups is 1. The second kappa shape index (κ2) is 8.86. The maximum absolute atomic E-state index is 13.4. The summed E-state index contributed by atoms with van der Waals surface area (Å²) in [6.07, 6.45) is -0.488.